The lowest BCUT2D eigenvalue weighted by Crippen LogP contribution is -2.44. The summed E-state index contributed by atoms with van der Waals surface area (Å²) in [5.41, 5.74) is 0. The molecule has 0 saturated heterocycles. The highest BCUT2D eigenvalue weighted by Gasteiger charge is 2.43. The van der Waals surface area contributed by atoms with E-state index in [1.807, 2.05) is 30.3 Å². The number of rotatable bonds is 7. The summed E-state index contributed by atoms with van der Waals surface area (Å²) < 4.78 is 12.7. The molecule has 3 rings (SSSR count). The SMILES string of the molecule is CC(C)(C)[Si](C)(C)OC(C=CC1CCC2C(=O)CCC12)COc1ccccc1. The number of Topliss-reactive ketones (excluding diaryl/α,β-unsaturated/α-hetero) is 1. The van der Waals surface area contributed by atoms with Crippen LogP contribution in [0.2, 0.25) is 18.1 Å². The van der Waals surface area contributed by atoms with E-state index in [1.54, 1.807) is 0 Å². The van der Waals surface area contributed by atoms with Gasteiger partial charge in [-0.15, -0.1) is 0 Å². The Morgan fingerprint density at radius 2 is 1.86 bits per heavy atom. The molecule has 4 unspecified atom stereocenters. The van der Waals surface area contributed by atoms with Crippen molar-refractivity contribution in [3.8, 4) is 5.75 Å². The molecule has 1 aromatic rings. The molecule has 0 aliphatic heterocycles. The fourth-order valence-electron chi connectivity index (χ4n) is 4.29. The molecule has 0 bridgehead atoms. The van der Waals surface area contributed by atoms with Gasteiger partial charge in [-0.25, -0.2) is 0 Å². The van der Waals surface area contributed by atoms with E-state index in [1.165, 1.54) is 0 Å². The molecule has 154 valence electrons. The normalized spacial score (nSPS) is 26.6. The standard InChI is InChI=1S/C24H36O3Si/c1-24(2,3)28(4,5)27-20(17-26-19-9-7-6-8-10-19)13-11-18-12-14-22-21(18)15-16-23(22)25/h6-11,13,18,20-22H,12,14-17H2,1-5H3. The van der Waals surface area contributed by atoms with Crippen LogP contribution in [0.1, 0.15) is 46.5 Å². The second-order valence-electron chi connectivity index (χ2n) is 9.94. The van der Waals surface area contributed by atoms with Crippen LogP contribution in [-0.4, -0.2) is 26.8 Å². The molecule has 0 heterocycles. The number of ether oxygens (including phenoxy) is 1. The molecule has 0 amide bonds. The van der Waals surface area contributed by atoms with E-state index < -0.39 is 8.32 Å². The zero-order valence-corrected chi connectivity index (χ0v) is 19.1. The quantitative estimate of drug-likeness (QED) is 0.415. The number of ketones is 1. The molecule has 0 aromatic heterocycles. The molecule has 0 spiro atoms. The van der Waals surface area contributed by atoms with E-state index >= 15 is 0 Å². The molecule has 1 aromatic carbocycles. The first-order valence-corrected chi connectivity index (χ1v) is 13.6. The van der Waals surface area contributed by atoms with Crippen molar-refractivity contribution in [3.05, 3.63) is 42.5 Å². The van der Waals surface area contributed by atoms with Crippen molar-refractivity contribution >= 4 is 14.1 Å². The number of hydrogen-bond acceptors (Lipinski definition) is 3. The van der Waals surface area contributed by atoms with E-state index in [0.29, 0.717) is 30.1 Å². The average Bonchev–Trinajstić information content (AvgIpc) is 3.20. The Morgan fingerprint density at radius 1 is 1.14 bits per heavy atom. The summed E-state index contributed by atoms with van der Waals surface area (Å²) in [7, 11) is -1.91. The van der Waals surface area contributed by atoms with Crippen LogP contribution in [0.5, 0.6) is 5.75 Å². The molecule has 2 aliphatic rings. The van der Waals surface area contributed by atoms with Crippen molar-refractivity contribution in [2.75, 3.05) is 6.61 Å². The van der Waals surface area contributed by atoms with Gasteiger partial charge in [-0.3, -0.25) is 4.79 Å². The van der Waals surface area contributed by atoms with E-state index in [9.17, 15) is 4.79 Å². The Morgan fingerprint density at radius 3 is 2.54 bits per heavy atom. The van der Waals surface area contributed by atoms with Crippen molar-refractivity contribution in [3.63, 3.8) is 0 Å². The molecule has 2 saturated carbocycles. The minimum absolute atomic E-state index is 0.0581. The van der Waals surface area contributed by atoms with Crippen molar-refractivity contribution < 1.29 is 14.0 Å². The number of allylic oxidation sites excluding steroid dienone is 1. The average molecular weight is 401 g/mol. The highest BCUT2D eigenvalue weighted by molar-refractivity contribution is 6.74. The van der Waals surface area contributed by atoms with Gasteiger partial charge in [0.15, 0.2) is 8.32 Å². The highest BCUT2D eigenvalue weighted by atomic mass is 28.4. The van der Waals surface area contributed by atoms with Crippen molar-refractivity contribution in [1.82, 2.24) is 0 Å². The molecule has 0 N–H and O–H groups in total. The minimum atomic E-state index is -1.91. The Kier molecular flexibility index (Phi) is 6.50. The second-order valence-corrected chi connectivity index (χ2v) is 14.7. The van der Waals surface area contributed by atoms with Crippen molar-refractivity contribution in [1.29, 1.82) is 0 Å². The largest absolute Gasteiger partial charge is 0.491 e. The number of benzene rings is 1. The Bertz CT molecular complexity index is 690. The first kappa shape index (κ1) is 21.3. The first-order chi connectivity index (χ1) is 13.2. The zero-order chi connectivity index (χ0) is 20.4. The van der Waals surface area contributed by atoms with Gasteiger partial charge < -0.3 is 9.16 Å². The highest BCUT2D eigenvalue weighted by Crippen LogP contribution is 2.46. The Balaban J connectivity index is 1.69. The van der Waals surface area contributed by atoms with Gasteiger partial charge in [0.2, 0.25) is 0 Å². The zero-order valence-electron chi connectivity index (χ0n) is 18.1. The van der Waals surface area contributed by atoms with Gasteiger partial charge in [0, 0.05) is 12.3 Å². The lowest BCUT2D eigenvalue weighted by molar-refractivity contribution is -0.120. The summed E-state index contributed by atoms with van der Waals surface area (Å²) in [6, 6.07) is 9.95. The van der Waals surface area contributed by atoms with Crippen LogP contribution in [0, 0.1) is 17.8 Å². The Labute approximate surface area is 171 Å². The smallest absolute Gasteiger partial charge is 0.193 e. The predicted molar refractivity (Wildman–Crippen MR) is 117 cm³/mol. The predicted octanol–water partition coefficient (Wildman–Crippen LogP) is 6.02. The van der Waals surface area contributed by atoms with Gasteiger partial charge in [0.25, 0.3) is 0 Å². The molecular weight excluding hydrogens is 364 g/mol. The lowest BCUT2D eigenvalue weighted by atomic mass is 9.91. The number of carbonyl (C=O) groups is 1. The monoisotopic (exact) mass is 400 g/mol. The van der Waals surface area contributed by atoms with Crippen molar-refractivity contribution in [2.24, 2.45) is 17.8 Å². The van der Waals surface area contributed by atoms with Gasteiger partial charge in [0.05, 0.1) is 6.10 Å². The van der Waals surface area contributed by atoms with E-state index in [2.05, 4.69) is 46.0 Å². The van der Waals surface area contributed by atoms with E-state index in [-0.39, 0.29) is 11.1 Å². The molecule has 4 heteroatoms. The summed E-state index contributed by atoms with van der Waals surface area (Å²) in [6.45, 7) is 11.9. The summed E-state index contributed by atoms with van der Waals surface area (Å²) in [6.07, 6.45) is 8.52. The fourth-order valence-corrected chi connectivity index (χ4v) is 5.55. The molecule has 2 aliphatic carbocycles. The maximum atomic E-state index is 12.0. The molecular formula is C24H36O3Si. The first-order valence-electron chi connectivity index (χ1n) is 10.7. The topological polar surface area (TPSA) is 35.5 Å². The third-order valence-electron chi connectivity index (χ3n) is 7.00. The molecule has 0 radical (unpaired) electrons. The summed E-state index contributed by atoms with van der Waals surface area (Å²) in [5.74, 6) is 2.74. The third-order valence-corrected chi connectivity index (χ3v) is 11.5. The maximum absolute atomic E-state index is 12.0. The van der Waals surface area contributed by atoms with Crippen LogP contribution in [0.4, 0.5) is 0 Å². The van der Waals surface area contributed by atoms with Gasteiger partial charge in [-0.05, 0) is 61.4 Å². The maximum Gasteiger partial charge on any atom is 0.193 e. The number of fused-ring (bicyclic) bond motifs is 1. The molecule has 2 fully saturated rings. The second kappa shape index (κ2) is 8.54. The number of carbonyl (C=O) groups excluding carboxylic acids is 1. The van der Waals surface area contributed by atoms with Crippen LogP contribution in [0.25, 0.3) is 0 Å². The summed E-state index contributed by atoms with van der Waals surface area (Å²) in [4.78, 5) is 12.0. The van der Waals surface area contributed by atoms with Crippen LogP contribution < -0.4 is 4.74 Å². The number of para-hydroxylation sites is 1. The van der Waals surface area contributed by atoms with Crippen LogP contribution in [0.3, 0.4) is 0 Å². The van der Waals surface area contributed by atoms with Crippen LogP contribution in [-0.2, 0) is 9.22 Å². The van der Waals surface area contributed by atoms with Gasteiger partial charge in [-0.2, -0.15) is 0 Å². The molecule has 3 nitrogen and oxygen atoms in total. The minimum Gasteiger partial charge on any atom is -0.491 e. The molecule has 4 atom stereocenters. The summed E-state index contributed by atoms with van der Waals surface area (Å²) in [5, 5.41) is 0.155. The van der Waals surface area contributed by atoms with Gasteiger partial charge in [-0.1, -0.05) is 51.1 Å². The molecule has 28 heavy (non-hydrogen) atoms. The van der Waals surface area contributed by atoms with Crippen molar-refractivity contribution in [2.45, 2.75) is 70.7 Å². The third kappa shape index (κ3) is 4.96. The van der Waals surface area contributed by atoms with Crippen LogP contribution in [0.15, 0.2) is 42.5 Å². The van der Waals surface area contributed by atoms with Gasteiger partial charge in [0.1, 0.15) is 18.1 Å². The van der Waals surface area contributed by atoms with Gasteiger partial charge >= 0.3 is 0 Å². The van der Waals surface area contributed by atoms with E-state index in [0.717, 1.165) is 31.4 Å². The van der Waals surface area contributed by atoms with Crippen LogP contribution >= 0.6 is 0 Å². The fraction of sp³-hybridized carbons (Fsp3) is 0.625. The Hall–Kier alpha value is -1.39. The number of hydrogen-bond donors (Lipinski definition) is 0. The summed E-state index contributed by atoms with van der Waals surface area (Å²) >= 11 is 0. The lowest BCUT2D eigenvalue weighted by Gasteiger charge is -2.38. The van der Waals surface area contributed by atoms with E-state index in [4.69, 9.17) is 9.16 Å².